The average Bonchev–Trinajstić information content (AvgIpc) is 2.89. The van der Waals surface area contributed by atoms with E-state index in [1.54, 1.807) is 0 Å². The lowest BCUT2D eigenvalue weighted by atomic mass is 10.2. The number of nitrogens with one attached hydrogen (secondary N) is 1. The molecule has 0 aliphatic carbocycles. The summed E-state index contributed by atoms with van der Waals surface area (Å²) in [6.07, 6.45) is 2.68. The van der Waals surface area contributed by atoms with Gasteiger partial charge in [-0.3, -0.25) is 4.79 Å². The minimum atomic E-state index is -3.63. The fourth-order valence-corrected chi connectivity index (χ4v) is 7.51. The number of halogens is 1. The molecule has 0 spiro atoms. The predicted octanol–water partition coefficient (Wildman–Crippen LogP) is 2.47. The number of likely N-dealkylation sites (N-methyl/N-ethyl adjacent to an activating group) is 1. The molecule has 4 rings (SSSR count). The number of piperazine rings is 1. The summed E-state index contributed by atoms with van der Waals surface area (Å²) in [4.78, 5) is 14.7. The van der Waals surface area contributed by atoms with Crippen molar-refractivity contribution in [1.82, 2.24) is 13.5 Å². The molecular weight excluding hydrogens is 540 g/mol. The Morgan fingerprint density at radius 3 is 2.03 bits per heavy atom. The highest BCUT2D eigenvalue weighted by Crippen LogP contribution is 2.30. The molecule has 10 nitrogen and oxygen atoms in total. The molecule has 1 amide bonds. The molecule has 0 aromatic heterocycles. The Morgan fingerprint density at radius 1 is 0.838 bits per heavy atom. The van der Waals surface area contributed by atoms with Crippen molar-refractivity contribution in [2.75, 3.05) is 58.2 Å². The highest BCUT2D eigenvalue weighted by Gasteiger charge is 2.28. The summed E-state index contributed by atoms with van der Waals surface area (Å²) in [6, 6.07) is 10.2. The predicted molar refractivity (Wildman–Crippen MR) is 141 cm³/mol. The topological polar surface area (TPSA) is 116 Å². The van der Waals surface area contributed by atoms with Gasteiger partial charge in [0.15, 0.2) is 6.61 Å². The summed E-state index contributed by atoms with van der Waals surface area (Å²) in [5, 5.41) is 2.74. The molecule has 1 N–H and O–H groups in total. The van der Waals surface area contributed by atoms with E-state index in [9.17, 15) is 21.6 Å². The zero-order chi connectivity index (χ0) is 26.6. The fraction of sp³-hybridized carbons (Fsp3) is 0.458. The number of hydrogen-bond acceptors (Lipinski definition) is 7. The second-order valence-corrected chi connectivity index (χ2v) is 13.4. The largest absolute Gasteiger partial charge is 0.482 e. The molecule has 0 unspecified atom stereocenters. The zero-order valence-corrected chi connectivity index (χ0v) is 23.0. The van der Waals surface area contributed by atoms with Gasteiger partial charge in [0.2, 0.25) is 20.0 Å². The van der Waals surface area contributed by atoms with Crippen molar-refractivity contribution in [2.24, 2.45) is 0 Å². The van der Waals surface area contributed by atoms with Crippen LogP contribution in [0.1, 0.15) is 19.3 Å². The van der Waals surface area contributed by atoms with Crippen LogP contribution in [0.4, 0.5) is 5.69 Å². The van der Waals surface area contributed by atoms with E-state index in [1.807, 2.05) is 7.05 Å². The van der Waals surface area contributed by atoms with Crippen molar-refractivity contribution in [1.29, 1.82) is 0 Å². The number of anilines is 1. The molecule has 2 heterocycles. The highest BCUT2D eigenvalue weighted by atomic mass is 35.5. The Morgan fingerprint density at radius 2 is 1.41 bits per heavy atom. The summed E-state index contributed by atoms with van der Waals surface area (Å²) >= 11 is 6.25. The molecule has 0 saturated carbocycles. The molecule has 2 aliphatic heterocycles. The number of sulfonamides is 2. The van der Waals surface area contributed by atoms with Crippen molar-refractivity contribution >= 4 is 43.2 Å². The maximum Gasteiger partial charge on any atom is 0.262 e. The van der Waals surface area contributed by atoms with Gasteiger partial charge in [0, 0.05) is 45.0 Å². The van der Waals surface area contributed by atoms with Crippen LogP contribution in [0.2, 0.25) is 5.02 Å². The van der Waals surface area contributed by atoms with E-state index >= 15 is 0 Å². The van der Waals surface area contributed by atoms with Crippen molar-refractivity contribution in [3.05, 3.63) is 47.5 Å². The Balaban J connectivity index is 1.33. The lowest BCUT2D eigenvalue weighted by molar-refractivity contribution is -0.118. The van der Waals surface area contributed by atoms with Gasteiger partial charge in [0.25, 0.3) is 5.91 Å². The maximum absolute atomic E-state index is 12.8. The Hall–Kier alpha value is -2.22. The second-order valence-electron chi connectivity index (χ2n) is 9.13. The number of carbonyl (C=O) groups excluding carboxylic acids is 1. The number of benzene rings is 2. The van der Waals surface area contributed by atoms with Gasteiger partial charge in [0.1, 0.15) is 5.75 Å². The number of carbonyl (C=O) groups is 1. The van der Waals surface area contributed by atoms with Gasteiger partial charge in [-0.25, -0.2) is 16.8 Å². The minimum Gasteiger partial charge on any atom is -0.482 e. The van der Waals surface area contributed by atoms with E-state index in [2.05, 4.69) is 10.2 Å². The Kier molecular flexibility index (Phi) is 8.77. The number of piperidine rings is 1. The molecule has 2 aliphatic rings. The number of nitrogens with zero attached hydrogens (tertiary/aromatic N) is 3. The first-order valence-electron chi connectivity index (χ1n) is 12.1. The van der Waals surface area contributed by atoms with Crippen LogP contribution < -0.4 is 10.1 Å². The molecule has 37 heavy (non-hydrogen) atoms. The lowest BCUT2D eigenvalue weighted by Gasteiger charge is -2.31. The first-order chi connectivity index (χ1) is 17.6. The van der Waals surface area contributed by atoms with Crippen molar-refractivity contribution in [3.63, 3.8) is 0 Å². The van der Waals surface area contributed by atoms with Gasteiger partial charge in [-0.05, 0) is 62.4 Å². The molecular formula is C24H31ClN4O6S2. The van der Waals surface area contributed by atoms with Gasteiger partial charge in [-0.2, -0.15) is 8.61 Å². The van der Waals surface area contributed by atoms with Gasteiger partial charge >= 0.3 is 0 Å². The molecule has 0 atom stereocenters. The van der Waals surface area contributed by atoms with E-state index < -0.39 is 26.0 Å². The van der Waals surface area contributed by atoms with Crippen LogP contribution in [0.5, 0.6) is 5.75 Å². The van der Waals surface area contributed by atoms with E-state index in [0.29, 0.717) is 45.0 Å². The van der Waals surface area contributed by atoms with E-state index in [0.717, 1.165) is 19.3 Å². The summed E-state index contributed by atoms with van der Waals surface area (Å²) in [5.41, 5.74) is 0.417. The van der Waals surface area contributed by atoms with Crippen molar-refractivity contribution in [3.8, 4) is 5.75 Å². The third-order valence-electron chi connectivity index (χ3n) is 6.45. The third kappa shape index (κ3) is 6.62. The molecule has 13 heteroatoms. The van der Waals surface area contributed by atoms with Crippen LogP contribution in [-0.2, 0) is 24.8 Å². The smallest absolute Gasteiger partial charge is 0.262 e. The molecule has 2 fully saturated rings. The van der Waals surface area contributed by atoms with Crippen LogP contribution in [0.15, 0.2) is 52.3 Å². The highest BCUT2D eigenvalue weighted by molar-refractivity contribution is 7.89. The second kappa shape index (κ2) is 11.7. The summed E-state index contributed by atoms with van der Waals surface area (Å²) in [6.45, 7) is 2.83. The van der Waals surface area contributed by atoms with Crippen LogP contribution in [0.3, 0.4) is 0 Å². The zero-order valence-electron chi connectivity index (χ0n) is 20.6. The van der Waals surface area contributed by atoms with E-state index in [-0.39, 0.29) is 27.2 Å². The van der Waals surface area contributed by atoms with E-state index in [4.69, 9.17) is 16.3 Å². The number of ether oxygens (including phenoxy) is 1. The van der Waals surface area contributed by atoms with Crippen molar-refractivity contribution < 1.29 is 26.4 Å². The quantitative estimate of drug-likeness (QED) is 0.518. The maximum atomic E-state index is 12.8. The van der Waals surface area contributed by atoms with Crippen molar-refractivity contribution in [2.45, 2.75) is 29.1 Å². The van der Waals surface area contributed by atoms with E-state index in [1.165, 1.54) is 51.1 Å². The molecule has 202 valence electrons. The molecule has 0 radical (unpaired) electrons. The molecule has 2 aromatic rings. The Labute approximate surface area is 223 Å². The van der Waals surface area contributed by atoms with Crippen LogP contribution in [0, 0.1) is 0 Å². The summed E-state index contributed by atoms with van der Waals surface area (Å²) in [5.74, 6) is -0.293. The number of rotatable bonds is 8. The third-order valence-corrected chi connectivity index (χ3v) is 10.6. The van der Waals surface area contributed by atoms with Gasteiger partial charge in [-0.1, -0.05) is 18.0 Å². The summed E-state index contributed by atoms with van der Waals surface area (Å²) < 4.78 is 59.7. The fourth-order valence-electron chi connectivity index (χ4n) is 4.24. The Bertz CT molecular complexity index is 1320. The molecule has 0 bridgehead atoms. The molecule has 2 saturated heterocycles. The SMILES string of the molecule is CN1CCN(S(=O)(=O)c2ccc(NC(=O)COc3ccc(S(=O)(=O)N4CCCCC4)cc3Cl)cc2)CC1. The lowest BCUT2D eigenvalue weighted by Crippen LogP contribution is -2.46. The first kappa shape index (κ1) is 27.8. The normalized spacial score (nSPS) is 18.4. The van der Waals surface area contributed by atoms with Crippen LogP contribution in [-0.4, -0.2) is 89.2 Å². The van der Waals surface area contributed by atoms with Gasteiger partial charge in [-0.15, -0.1) is 0 Å². The van der Waals surface area contributed by atoms with Crippen LogP contribution >= 0.6 is 11.6 Å². The van der Waals surface area contributed by atoms with Crippen LogP contribution in [0.25, 0.3) is 0 Å². The van der Waals surface area contributed by atoms with Gasteiger partial charge in [0.05, 0.1) is 14.8 Å². The first-order valence-corrected chi connectivity index (χ1v) is 15.3. The number of amides is 1. The minimum absolute atomic E-state index is 0.0859. The molecule has 2 aromatic carbocycles. The monoisotopic (exact) mass is 570 g/mol. The summed E-state index contributed by atoms with van der Waals surface area (Å²) in [7, 11) is -5.27. The number of hydrogen-bond donors (Lipinski definition) is 1. The standard InChI is InChI=1S/C24H31ClN4O6S2/c1-27-13-15-29(16-14-27)36(31,32)20-7-5-19(6-8-20)26-24(30)18-35-23-10-9-21(17-22(23)25)37(33,34)28-11-3-2-4-12-28/h5-10,17H,2-4,11-16,18H2,1H3,(H,26,30). The van der Waals surface area contributed by atoms with Gasteiger partial charge < -0.3 is 15.0 Å². The average molecular weight is 571 g/mol.